The molecule has 0 unspecified atom stereocenters. The van der Waals surface area contributed by atoms with Crippen molar-refractivity contribution in [3.8, 4) is 5.75 Å². The molecule has 0 saturated heterocycles. The quantitative estimate of drug-likeness (QED) is 0.739. The Morgan fingerprint density at radius 3 is 2.72 bits per heavy atom. The average molecular weight is 337 g/mol. The van der Waals surface area contributed by atoms with E-state index in [1.54, 1.807) is 6.07 Å². The molecule has 7 heteroatoms. The number of sulfonamides is 1. The summed E-state index contributed by atoms with van der Waals surface area (Å²) in [6, 6.07) is 4.67. The number of rotatable bonds is 7. The molecule has 0 aliphatic carbocycles. The molecule has 0 aromatic heterocycles. The van der Waals surface area contributed by atoms with Gasteiger partial charge in [-0.2, -0.15) is 0 Å². The number of benzene rings is 1. The molecule has 1 aromatic rings. The van der Waals surface area contributed by atoms with Crippen molar-refractivity contribution in [3.05, 3.63) is 22.7 Å². The van der Waals surface area contributed by atoms with Gasteiger partial charge in [0.2, 0.25) is 10.0 Å². The summed E-state index contributed by atoms with van der Waals surface area (Å²) in [6.45, 7) is 3.18. The number of ether oxygens (including phenoxy) is 1. The molecule has 5 nitrogen and oxygen atoms in total. The van der Waals surface area contributed by atoms with E-state index in [0.29, 0.717) is 36.3 Å². The molecule has 0 saturated carbocycles. The van der Waals surface area contributed by atoms with Crippen LogP contribution >= 0.6 is 15.9 Å². The van der Waals surface area contributed by atoms with Crippen LogP contribution in [-0.2, 0) is 10.0 Å². The summed E-state index contributed by atoms with van der Waals surface area (Å²) in [5.74, 6) is 0.624. The summed E-state index contributed by atoms with van der Waals surface area (Å²) >= 11 is 3.29. The van der Waals surface area contributed by atoms with E-state index in [1.165, 1.54) is 12.1 Å². The zero-order chi connectivity index (χ0) is 13.6. The molecule has 0 aliphatic rings. The van der Waals surface area contributed by atoms with Gasteiger partial charge in [-0.3, -0.25) is 0 Å². The molecule has 1 rings (SSSR count). The minimum absolute atomic E-state index is 0.204. The van der Waals surface area contributed by atoms with Crippen LogP contribution in [0.4, 0.5) is 0 Å². The van der Waals surface area contributed by atoms with Crippen molar-refractivity contribution in [3.63, 3.8) is 0 Å². The molecule has 0 aliphatic heterocycles. The fraction of sp³-hybridized carbons (Fsp3) is 0.455. The molecule has 18 heavy (non-hydrogen) atoms. The van der Waals surface area contributed by atoms with Crippen LogP contribution in [0.2, 0.25) is 0 Å². The third-order valence-electron chi connectivity index (χ3n) is 2.19. The molecular weight excluding hydrogens is 320 g/mol. The topological polar surface area (TPSA) is 81.4 Å². The highest BCUT2D eigenvalue weighted by Crippen LogP contribution is 2.27. The summed E-state index contributed by atoms with van der Waals surface area (Å²) < 4.78 is 32.3. The van der Waals surface area contributed by atoms with Crippen LogP contribution in [0.15, 0.2) is 27.6 Å². The smallest absolute Gasteiger partial charge is 0.240 e. The first-order valence-electron chi connectivity index (χ1n) is 5.63. The molecule has 0 radical (unpaired) electrons. The van der Waals surface area contributed by atoms with Gasteiger partial charge in [0.25, 0.3) is 0 Å². The second-order valence-corrected chi connectivity index (χ2v) is 6.19. The van der Waals surface area contributed by atoms with Crippen LogP contribution in [0.1, 0.15) is 13.3 Å². The van der Waals surface area contributed by atoms with E-state index in [9.17, 15) is 8.42 Å². The van der Waals surface area contributed by atoms with Gasteiger partial charge in [-0.15, -0.1) is 0 Å². The van der Waals surface area contributed by atoms with Gasteiger partial charge in [0, 0.05) is 6.54 Å². The zero-order valence-corrected chi connectivity index (χ0v) is 12.6. The Hall–Kier alpha value is -0.630. The Morgan fingerprint density at radius 1 is 1.44 bits per heavy atom. The molecule has 0 amide bonds. The highest BCUT2D eigenvalue weighted by molar-refractivity contribution is 9.10. The fourth-order valence-electron chi connectivity index (χ4n) is 1.31. The van der Waals surface area contributed by atoms with Crippen molar-refractivity contribution in [1.29, 1.82) is 0 Å². The van der Waals surface area contributed by atoms with E-state index in [4.69, 9.17) is 10.5 Å². The van der Waals surface area contributed by atoms with Crippen LogP contribution < -0.4 is 15.2 Å². The third-order valence-corrected chi connectivity index (χ3v) is 4.26. The van der Waals surface area contributed by atoms with E-state index < -0.39 is 10.0 Å². The summed E-state index contributed by atoms with van der Waals surface area (Å²) in [4.78, 5) is 0.204. The van der Waals surface area contributed by atoms with Gasteiger partial charge >= 0.3 is 0 Å². The van der Waals surface area contributed by atoms with Gasteiger partial charge in [-0.05, 0) is 54.0 Å². The SMILES string of the molecule is CCOc1ccc(S(=O)(=O)NCCCN)cc1Br. The number of hydrogen-bond donors (Lipinski definition) is 2. The van der Waals surface area contributed by atoms with Crippen molar-refractivity contribution in [2.24, 2.45) is 5.73 Å². The molecule has 3 N–H and O–H groups in total. The Morgan fingerprint density at radius 2 is 2.17 bits per heavy atom. The minimum Gasteiger partial charge on any atom is -0.493 e. The Balaban J connectivity index is 2.86. The zero-order valence-electron chi connectivity index (χ0n) is 10.1. The maximum Gasteiger partial charge on any atom is 0.240 e. The predicted octanol–water partition coefficient (Wildman–Crippen LogP) is 1.47. The van der Waals surface area contributed by atoms with E-state index in [0.717, 1.165) is 0 Å². The first-order valence-corrected chi connectivity index (χ1v) is 7.91. The number of halogens is 1. The van der Waals surface area contributed by atoms with E-state index in [-0.39, 0.29) is 4.90 Å². The predicted molar refractivity (Wildman–Crippen MR) is 74.2 cm³/mol. The van der Waals surface area contributed by atoms with E-state index in [2.05, 4.69) is 20.7 Å². The second kappa shape index (κ2) is 7.08. The average Bonchev–Trinajstić information content (AvgIpc) is 2.32. The first kappa shape index (κ1) is 15.4. The minimum atomic E-state index is -3.48. The van der Waals surface area contributed by atoms with Crippen LogP contribution in [0.3, 0.4) is 0 Å². The standard InChI is InChI=1S/C11H17BrN2O3S/c1-2-17-11-5-4-9(8-10(11)12)18(15,16)14-7-3-6-13/h4-5,8,14H,2-3,6-7,13H2,1H3. The second-order valence-electron chi connectivity index (χ2n) is 3.57. The molecule has 0 spiro atoms. The van der Waals surface area contributed by atoms with Crippen molar-refractivity contribution in [2.75, 3.05) is 19.7 Å². The lowest BCUT2D eigenvalue weighted by Crippen LogP contribution is -2.26. The van der Waals surface area contributed by atoms with Crippen molar-refractivity contribution in [2.45, 2.75) is 18.2 Å². The fourth-order valence-corrected chi connectivity index (χ4v) is 3.06. The summed E-state index contributed by atoms with van der Waals surface area (Å²) in [7, 11) is -3.48. The maximum absolute atomic E-state index is 11.9. The summed E-state index contributed by atoms with van der Waals surface area (Å²) in [6.07, 6.45) is 0.609. The van der Waals surface area contributed by atoms with Crippen LogP contribution in [0.5, 0.6) is 5.75 Å². The van der Waals surface area contributed by atoms with Crippen molar-refractivity contribution >= 4 is 26.0 Å². The summed E-state index contributed by atoms with van der Waals surface area (Å²) in [5.41, 5.74) is 5.32. The van der Waals surface area contributed by atoms with Gasteiger partial charge in [0.1, 0.15) is 5.75 Å². The summed E-state index contributed by atoms with van der Waals surface area (Å²) in [5, 5.41) is 0. The van der Waals surface area contributed by atoms with Gasteiger partial charge in [0.15, 0.2) is 0 Å². The Bertz CT molecular complexity index is 491. The number of nitrogens with one attached hydrogen (secondary N) is 1. The van der Waals surface area contributed by atoms with E-state index >= 15 is 0 Å². The number of nitrogens with two attached hydrogens (primary N) is 1. The lowest BCUT2D eigenvalue weighted by atomic mass is 10.3. The lowest BCUT2D eigenvalue weighted by Gasteiger charge is -2.09. The monoisotopic (exact) mass is 336 g/mol. The van der Waals surface area contributed by atoms with Gasteiger partial charge < -0.3 is 10.5 Å². The van der Waals surface area contributed by atoms with Crippen molar-refractivity contribution < 1.29 is 13.2 Å². The largest absolute Gasteiger partial charge is 0.493 e. The van der Waals surface area contributed by atoms with Gasteiger partial charge in [-0.25, -0.2) is 13.1 Å². The van der Waals surface area contributed by atoms with Crippen molar-refractivity contribution in [1.82, 2.24) is 4.72 Å². The van der Waals surface area contributed by atoms with E-state index in [1.807, 2.05) is 6.92 Å². The van der Waals surface area contributed by atoms with Crippen LogP contribution in [-0.4, -0.2) is 28.1 Å². The molecule has 0 atom stereocenters. The molecule has 0 heterocycles. The highest BCUT2D eigenvalue weighted by atomic mass is 79.9. The Kier molecular flexibility index (Phi) is 6.07. The lowest BCUT2D eigenvalue weighted by molar-refractivity contribution is 0.338. The van der Waals surface area contributed by atoms with Gasteiger partial charge in [-0.1, -0.05) is 0 Å². The highest BCUT2D eigenvalue weighted by Gasteiger charge is 2.15. The Labute approximate surface area is 116 Å². The normalized spacial score (nSPS) is 11.5. The first-order chi connectivity index (χ1) is 8.51. The third kappa shape index (κ3) is 4.24. The molecular formula is C11H17BrN2O3S. The molecule has 1 aromatic carbocycles. The van der Waals surface area contributed by atoms with Crippen LogP contribution in [0, 0.1) is 0 Å². The van der Waals surface area contributed by atoms with Gasteiger partial charge in [0.05, 0.1) is 16.0 Å². The number of hydrogen-bond acceptors (Lipinski definition) is 4. The molecule has 102 valence electrons. The molecule has 0 bridgehead atoms. The van der Waals surface area contributed by atoms with Crippen LogP contribution in [0.25, 0.3) is 0 Å². The molecule has 0 fully saturated rings. The maximum atomic E-state index is 11.9.